The minimum Gasteiger partial charge on any atom is -0.478 e. The zero-order valence-corrected chi connectivity index (χ0v) is 10.2. The molecule has 1 fully saturated rings. The average Bonchev–Trinajstić information content (AvgIpc) is 2.87. The van der Waals surface area contributed by atoms with Crippen LogP contribution >= 0.6 is 0 Å². The van der Waals surface area contributed by atoms with Crippen molar-refractivity contribution in [1.29, 1.82) is 0 Å². The molecule has 1 aliphatic heterocycles. The van der Waals surface area contributed by atoms with Crippen molar-refractivity contribution >= 4 is 11.9 Å². The topological polar surface area (TPSA) is 96.8 Å². The second kappa shape index (κ2) is 4.45. The largest absolute Gasteiger partial charge is 0.478 e. The van der Waals surface area contributed by atoms with Crippen molar-refractivity contribution in [2.75, 3.05) is 13.1 Å². The highest BCUT2D eigenvalue weighted by Gasteiger charge is 2.39. The highest BCUT2D eigenvalue weighted by atomic mass is 16.4. The summed E-state index contributed by atoms with van der Waals surface area (Å²) in [5.74, 6) is -0.908. The van der Waals surface area contributed by atoms with E-state index in [1.54, 1.807) is 0 Å². The zero-order chi connectivity index (χ0) is 13.3. The van der Waals surface area contributed by atoms with E-state index in [0.29, 0.717) is 31.8 Å². The molecule has 1 unspecified atom stereocenters. The summed E-state index contributed by atoms with van der Waals surface area (Å²) < 4.78 is 5.18. The number of hydrogen-bond acceptors (Lipinski definition) is 4. The molecule has 1 aromatic heterocycles. The second-order valence-corrected chi connectivity index (χ2v) is 4.95. The van der Waals surface area contributed by atoms with Crippen LogP contribution < -0.4 is 5.73 Å². The highest BCUT2D eigenvalue weighted by molar-refractivity contribution is 5.88. The molecule has 1 amide bonds. The minimum atomic E-state index is -1.00. The molecule has 1 aromatic rings. The number of aromatic carboxylic acids is 1. The molecule has 0 bridgehead atoms. The molecule has 1 saturated heterocycles. The van der Waals surface area contributed by atoms with E-state index in [4.69, 9.17) is 15.3 Å². The van der Waals surface area contributed by atoms with Gasteiger partial charge in [0.1, 0.15) is 11.3 Å². The van der Waals surface area contributed by atoms with Crippen molar-refractivity contribution in [2.24, 2.45) is 11.1 Å². The van der Waals surface area contributed by atoms with Crippen LogP contribution in [0.3, 0.4) is 0 Å². The summed E-state index contributed by atoms with van der Waals surface area (Å²) in [6, 6.07) is 1.43. The molecule has 0 aliphatic carbocycles. The van der Waals surface area contributed by atoms with Gasteiger partial charge in [0.15, 0.2) is 0 Å². The van der Waals surface area contributed by atoms with Crippen LogP contribution in [-0.4, -0.2) is 35.0 Å². The summed E-state index contributed by atoms with van der Waals surface area (Å²) in [6.45, 7) is 3.45. The van der Waals surface area contributed by atoms with Crippen molar-refractivity contribution in [3.63, 3.8) is 0 Å². The molecule has 98 valence electrons. The van der Waals surface area contributed by atoms with E-state index in [0.717, 1.165) is 0 Å². The highest BCUT2D eigenvalue weighted by Crippen LogP contribution is 2.30. The van der Waals surface area contributed by atoms with Gasteiger partial charge in [-0.15, -0.1) is 0 Å². The van der Waals surface area contributed by atoms with E-state index in [1.807, 2.05) is 11.8 Å². The van der Waals surface area contributed by atoms with Gasteiger partial charge in [-0.3, -0.25) is 9.69 Å². The number of primary amides is 1. The second-order valence-electron chi connectivity index (χ2n) is 4.95. The average molecular weight is 252 g/mol. The number of likely N-dealkylation sites (tertiary alicyclic amines) is 1. The number of furan rings is 1. The lowest BCUT2D eigenvalue weighted by atomic mass is 9.89. The van der Waals surface area contributed by atoms with Crippen LogP contribution in [0, 0.1) is 5.41 Å². The molecule has 0 saturated carbocycles. The molecule has 3 N–H and O–H groups in total. The number of amides is 1. The normalized spacial score (nSPS) is 24.3. The van der Waals surface area contributed by atoms with Crippen LogP contribution in [0.4, 0.5) is 0 Å². The Bertz CT molecular complexity index is 482. The molecule has 0 radical (unpaired) electrons. The van der Waals surface area contributed by atoms with Crippen molar-refractivity contribution in [2.45, 2.75) is 19.9 Å². The van der Waals surface area contributed by atoms with Crippen LogP contribution in [0.25, 0.3) is 0 Å². The maximum Gasteiger partial charge on any atom is 0.339 e. The lowest BCUT2D eigenvalue weighted by Gasteiger charge is -2.20. The third-order valence-electron chi connectivity index (χ3n) is 3.49. The van der Waals surface area contributed by atoms with Crippen molar-refractivity contribution in [3.05, 3.63) is 23.7 Å². The van der Waals surface area contributed by atoms with E-state index >= 15 is 0 Å². The SMILES string of the molecule is CC1(C(N)=O)CCN(Cc2occc2C(=O)O)C1. The van der Waals surface area contributed by atoms with Crippen LogP contribution in [0.2, 0.25) is 0 Å². The fourth-order valence-electron chi connectivity index (χ4n) is 2.25. The van der Waals surface area contributed by atoms with Gasteiger partial charge in [0.05, 0.1) is 18.2 Å². The Hall–Kier alpha value is -1.82. The van der Waals surface area contributed by atoms with Crippen molar-refractivity contribution in [3.8, 4) is 0 Å². The number of carbonyl (C=O) groups excluding carboxylic acids is 1. The fraction of sp³-hybridized carbons (Fsp3) is 0.500. The predicted molar refractivity (Wildman–Crippen MR) is 62.9 cm³/mol. The molecule has 1 atom stereocenters. The zero-order valence-electron chi connectivity index (χ0n) is 10.2. The smallest absolute Gasteiger partial charge is 0.339 e. The first-order valence-electron chi connectivity index (χ1n) is 5.74. The van der Waals surface area contributed by atoms with Gasteiger partial charge in [-0.25, -0.2) is 4.79 Å². The Labute approximate surface area is 104 Å². The molecule has 2 heterocycles. The van der Waals surface area contributed by atoms with Gasteiger partial charge in [-0.1, -0.05) is 0 Å². The van der Waals surface area contributed by atoms with E-state index in [-0.39, 0.29) is 11.5 Å². The lowest BCUT2D eigenvalue weighted by molar-refractivity contribution is -0.126. The summed E-state index contributed by atoms with van der Waals surface area (Å²) in [4.78, 5) is 24.2. The Kier molecular flexibility index (Phi) is 3.13. The quantitative estimate of drug-likeness (QED) is 0.821. The summed E-state index contributed by atoms with van der Waals surface area (Å²) in [5, 5.41) is 8.97. The summed E-state index contributed by atoms with van der Waals surface area (Å²) in [6.07, 6.45) is 2.05. The first kappa shape index (κ1) is 12.6. The molecule has 6 heteroatoms. The fourth-order valence-corrected chi connectivity index (χ4v) is 2.25. The Balaban J connectivity index is 2.06. The standard InChI is InChI=1S/C12H16N2O4/c1-12(11(13)17)3-4-14(7-12)6-9-8(10(15)16)2-5-18-9/h2,5H,3-4,6-7H2,1H3,(H2,13,17)(H,15,16). The van der Waals surface area contributed by atoms with E-state index in [9.17, 15) is 9.59 Å². The summed E-state index contributed by atoms with van der Waals surface area (Å²) in [5.41, 5.74) is 5.00. The maximum atomic E-state index is 11.3. The number of carbonyl (C=O) groups is 2. The van der Waals surface area contributed by atoms with Gasteiger partial charge < -0.3 is 15.3 Å². The van der Waals surface area contributed by atoms with Crippen LogP contribution in [0.1, 0.15) is 29.5 Å². The molecule has 18 heavy (non-hydrogen) atoms. The third kappa shape index (κ3) is 2.24. The minimum absolute atomic E-state index is 0.169. The molecular formula is C12H16N2O4. The number of rotatable bonds is 4. The molecule has 2 rings (SSSR count). The maximum absolute atomic E-state index is 11.3. The Morgan fingerprint density at radius 3 is 2.89 bits per heavy atom. The number of nitrogens with two attached hydrogens (primary N) is 1. The Morgan fingerprint density at radius 2 is 2.33 bits per heavy atom. The molecule has 0 aromatic carbocycles. The van der Waals surface area contributed by atoms with E-state index in [1.165, 1.54) is 12.3 Å². The number of carboxylic acids is 1. The molecule has 6 nitrogen and oxygen atoms in total. The van der Waals surface area contributed by atoms with Gasteiger partial charge in [0.2, 0.25) is 5.91 Å². The van der Waals surface area contributed by atoms with Gasteiger partial charge in [-0.05, 0) is 26.0 Å². The van der Waals surface area contributed by atoms with Gasteiger partial charge >= 0.3 is 5.97 Å². The monoisotopic (exact) mass is 252 g/mol. The van der Waals surface area contributed by atoms with Gasteiger partial charge in [-0.2, -0.15) is 0 Å². The van der Waals surface area contributed by atoms with E-state index < -0.39 is 11.4 Å². The van der Waals surface area contributed by atoms with E-state index in [2.05, 4.69) is 0 Å². The van der Waals surface area contributed by atoms with Crippen molar-refractivity contribution in [1.82, 2.24) is 4.90 Å². The van der Waals surface area contributed by atoms with Crippen LogP contribution in [-0.2, 0) is 11.3 Å². The first-order chi connectivity index (χ1) is 8.42. The first-order valence-corrected chi connectivity index (χ1v) is 5.74. The summed E-state index contributed by atoms with van der Waals surface area (Å²) >= 11 is 0. The summed E-state index contributed by atoms with van der Waals surface area (Å²) in [7, 11) is 0. The molecule has 1 aliphatic rings. The number of nitrogens with zero attached hydrogens (tertiary/aromatic N) is 1. The lowest BCUT2D eigenvalue weighted by Crippen LogP contribution is -2.37. The van der Waals surface area contributed by atoms with Crippen LogP contribution in [0.15, 0.2) is 16.7 Å². The number of hydrogen-bond donors (Lipinski definition) is 2. The number of carboxylic acid groups (broad SMARTS) is 1. The Morgan fingerprint density at radius 1 is 1.61 bits per heavy atom. The third-order valence-corrected chi connectivity index (χ3v) is 3.49. The molecule has 0 spiro atoms. The predicted octanol–water partition coefficient (Wildman–Crippen LogP) is 0.675. The van der Waals surface area contributed by atoms with Crippen molar-refractivity contribution < 1.29 is 19.1 Å². The molecular weight excluding hydrogens is 236 g/mol. The van der Waals surface area contributed by atoms with Gasteiger partial charge in [0.25, 0.3) is 0 Å². The van der Waals surface area contributed by atoms with Gasteiger partial charge in [0, 0.05) is 6.54 Å². The van der Waals surface area contributed by atoms with Crippen LogP contribution in [0.5, 0.6) is 0 Å².